The lowest BCUT2D eigenvalue weighted by Crippen LogP contribution is -2.12. The molecule has 0 aliphatic heterocycles. The minimum absolute atomic E-state index is 0.0111. The number of nitro groups is 1. The zero-order chi connectivity index (χ0) is 17.9. The van der Waals surface area contributed by atoms with Gasteiger partial charge in [0, 0.05) is 18.3 Å². The molecular weight excluding hydrogens is 334 g/mol. The molecule has 0 aliphatic rings. The molecule has 2 rings (SSSR count). The molecule has 0 saturated carbocycles. The largest absolute Gasteiger partial charge is 0.872 e. The smallest absolute Gasteiger partial charge is 0.270 e. The predicted molar refractivity (Wildman–Crippen MR) is 86.4 cm³/mol. The van der Waals surface area contributed by atoms with Crippen molar-refractivity contribution < 1.29 is 18.4 Å². The van der Waals surface area contributed by atoms with Gasteiger partial charge in [0.05, 0.1) is 15.9 Å². The second-order valence-electron chi connectivity index (χ2n) is 5.05. The number of aliphatic imine (C=N–C) groups is 1. The average Bonchev–Trinajstić information content (AvgIpc) is 2.52. The summed E-state index contributed by atoms with van der Waals surface area (Å²) >= 11 is 0. The number of nitrogens with zero attached hydrogens (tertiary/aromatic N) is 2. The van der Waals surface area contributed by atoms with Crippen molar-refractivity contribution in [3.63, 3.8) is 0 Å². The summed E-state index contributed by atoms with van der Waals surface area (Å²) in [5.41, 5.74) is 0.620. The van der Waals surface area contributed by atoms with E-state index in [9.17, 15) is 23.6 Å². The number of nitrogens with two attached hydrogens (primary N) is 1. The summed E-state index contributed by atoms with van der Waals surface area (Å²) in [5.74, 6) is -0.374. The van der Waals surface area contributed by atoms with Crippen LogP contribution in [0.3, 0.4) is 0 Å². The quantitative estimate of drug-likeness (QED) is 0.495. The Labute approximate surface area is 138 Å². The van der Waals surface area contributed by atoms with Gasteiger partial charge in [0.15, 0.2) is 0 Å². The third-order valence-corrected chi connectivity index (χ3v) is 4.26. The molecule has 9 heteroatoms. The van der Waals surface area contributed by atoms with Gasteiger partial charge in [0.2, 0.25) is 10.0 Å². The number of rotatable bonds is 5. The Morgan fingerprint density at radius 1 is 1.21 bits per heavy atom. The van der Waals surface area contributed by atoms with Crippen LogP contribution < -0.4 is 10.2 Å². The van der Waals surface area contributed by atoms with Crippen LogP contribution >= 0.6 is 0 Å². The van der Waals surface area contributed by atoms with Gasteiger partial charge in [-0.15, -0.1) is 0 Å². The van der Waals surface area contributed by atoms with Crippen LogP contribution in [-0.4, -0.2) is 19.6 Å². The van der Waals surface area contributed by atoms with Crippen LogP contribution in [-0.2, 0) is 10.0 Å². The van der Waals surface area contributed by atoms with Crippen molar-refractivity contribution in [1.82, 2.24) is 0 Å². The first kappa shape index (κ1) is 17.6. The second-order valence-corrected chi connectivity index (χ2v) is 6.61. The Morgan fingerprint density at radius 2 is 1.83 bits per heavy atom. The van der Waals surface area contributed by atoms with E-state index in [1.165, 1.54) is 18.3 Å². The van der Waals surface area contributed by atoms with E-state index < -0.39 is 14.9 Å². The fraction of sp³-hybridized carbons (Fsp3) is 0.133. The predicted octanol–water partition coefficient (Wildman–Crippen LogP) is 1.50. The van der Waals surface area contributed by atoms with Gasteiger partial charge in [-0.25, -0.2) is 13.6 Å². The lowest BCUT2D eigenvalue weighted by atomic mass is 10.1. The molecule has 24 heavy (non-hydrogen) atoms. The van der Waals surface area contributed by atoms with Gasteiger partial charge < -0.3 is 5.11 Å². The second kappa shape index (κ2) is 6.77. The molecule has 0 heterocycles. The summed E-state index contributed by atoms with van der Waals surface area (Å²) in [6.07, 6.45) is 1.27. The van der Waals surface area contributed by atoms with E-state index in [4.69, 9.17) is 5.14 Å². The topological polar surface area (TPSA) is 139 Å². The van der Waals surface area contributed by atoms with Gasteiger partial charge in [-0.05, 0) is 30.2 Å². The molecule has 0 aliphatic carbocycles. The standard InChI is InChI=1S/C15H15N3O5S/c1-10(11-2-5-14(6-3-11)24(16,22)23)17-9-12-8-13(18(20)21)4-7-15(12)19/h2-10,19H,1H3,(H2,16,22,23)/p-1/t10-/m1/s1. The molecule has 2 aromatic carbocycles. The van der Waals surface area contributed by atoms with Gasteiger partial charge in [-0.3, -0.25) is 15.1 Å². The molecule has 0 fully saturated rings. The molecule has 0 aromatic heterocycles. The molecule has 2 aromatic rings. The highest BCUT2D eigenvalue weighted by Gasteiger charge is 2.09. The monoisotopic (exact) mass is 348 g/mol. The summed E-state index contributed by atoms with van der Waals surface area (Å²) in [6.45, 7) is 1.74. The van der Waals surface area contributed by atoms with Gasteiger partial charge in [0.1, 0.15) is 0 Å². The average molecular weight is 348 g/mol. The summed E-state index contributed by atoms with van der Waals surface area (Å²) in [6, 6.07) is 8.88. The van der Waals surface area contributed by atoms with Crippen LogP contribution in [0.25, 0.3) is 0 Å². The molecule has 0 radical (unpaired) electrons. The normalized spacial score (nSPS) is 13.1. The Hall–Kier alpha value is -2.78. The maximum atomic E-state index is 11.7. The molecule has 0 saturated heterocycles. The third kappa shape index (κ3) is 4.15. The summed E-state index contributed by atoms with van der Waals surface area (Å²) in [4.78, 5) is 14.3. The highest BCUT2D eigenvalue weighted by atomic mass is 32.2. The number of non-ortho nitro benzene ring substituents is 1. The molecule has 126 valence electrons. The van der Waals surface area contributed by atoms with Crippen molar-refractivity contribution in [1.29, 1.82) is 0 Å². The van der Waals surface area contributed by atoms with Crippen LogP contribution in [0.4, 0.5) is 5.69 Å². The van der Waals surface area contributed by atoms with E-state index in [1.807, 2.05) is 0 Å². The number of hydrogen-bond acceptors (Lipinski definition) is 6. The highest BCUT2D eigenvalue weighted by molar-refractivity contribution is 7.89. The maximum Gasteiger partial charge on any atom is 0.270 e. The molecular formula is C15H14N3O5S-. The third-order valence-electron chi connectivity index (χ3n) is 3.33. The lowest BCUT2D eigenvalue weighted by molar-refractivity contribution is -0.385. The first-order valence-electron chi connectivity index (χ1n) is 6.80. The van der Waals surface area contributed by atoms with Crippen LogP contribution in [0.5, 0.6) is 5.75 Å². The van der Waals surface area contributed by atoms with Crippen LogP contribution in [0.1, 0.15) is 24.1 Å². The number of sulfonamides is 1. The molecule has 1 atom stereocenters. The molecule has 2 N–H and O–H groups in total. The SMILES string of the molecule is C[C@@H](N=Cc1cc([N+](=O)[O-])ccc1[O-])c1ccc(S(N)(=O)=O)cc1. The molecule has 0 unspecified atom stereocenters. The van der Waals surface area contributed by atoms with Crippen LogP contribution in [0.15, 0.2) is 52.4 Å². The van der Waals surface area contributed by atoms with Crippen LogP contribution in [0, 0.1) is 10.1 Å². The van der Waals surface area contributed by atoms with Crippen molar-refractivity contribution in [2.45, 2.75) is 17.9 Å². The molecule has 0 spiro atoms. The first-order valence-corrected chi connectivity index (χ1v) is 8.34. The summed E-state index contributed by atoms with van der Waals surface area (Å²) in [5, 5.41) is 27.5. The molecule has 0 bridgehead atoms. The van der Waals surface area contributed by atoms with E-state index in [0.29, 0.717) is 5.56 Å². The summed E-state index contributed by atoms with van der Waals surface area (Å²) in [7, 11) is -3.76. The Balaban J connectivity index is 2.23. The summed E-state index contributed by atoms with van der Waals surface area (Å²) < 4.78 is 22.4. The van der Waals surface area contributed by atoms with Crippen molar-refractivity contribution in [3.05, 3.63) is 63.7 Å². The number of benzene rings is 2. The Morgan fingerprint density at radius 3 is 2.38 bits per heavy atom. The number of hydrogen-bond donors (Lipinski definition) is 1. The van der Waals surface area contributed by atoms with Crippen molar-refractivity contribution in [3.8, 4) is 5.75 Å². The van der Waals surface area contributed by atoms with Crippen LogP contribution in [0.2, 0.25) is 0 Å². The van der Waals surface area contributed by atoms with Crippen molar-refractivity contribution in [2.75, 3.05) is 0 Å². The molecule has 8 nitrogen and oxygen atoms in total. The molecule has 0 amide bonds. The van der Waals surface area contributed by atoms with E-state index >= 15 is 0 Å². The maximum absolute atomic E-state index is 11.7. The van der Waals surface area contributed by atoms with Gasteiger partial charge in [-0.2, -0.15) is 0 Å². The van der Waals surface area contributed by atoms with Crippen molar-refractivity contribution >= 4 is 21.9 Å². The fourth-order valence-corrected chi connectivity index (χ4v) is 2.48. The first-order chi connectivity index (χ1) is 11.2. The highest BCUT2D eigenvalue weighted by Crippen LogP contribution is 2.22. The van der Waals surface area contributed by atoms with Gasteiger partial charge >= 0.3 is 0 Å². The Bertz CT molecular complexity index is 892. The number of primary sulfonamides is 1. The minimum Gasteiger partial charge on any atom is -0.872 e. The van der Waals surface area contributed by atoms with E-state index in [1.54, 1.807) is 19.1 Å². The van der Waals surface area contributed by atoms with E-state index in [0.717, 1.165) is 18.2 Å². The minimum atomic E-state index is -3.76. The van der Waals surface area contributed by atoms with E-state index in [2.05, 4.69) is 4.99 Å². The zero-order valence-corrected chi connectivity index (χ0v) is 13.4. The Kier molecular flexibility index (Phi) is 4.96. The fourth-order valence-electron chi connectivity index (χ4n) is 1.96. The zero-order valence-electron chi connectivity index (χ0n) is 12.6. The van der Waals surface area contributed by atoms with Gasteiger partial charge in [-0.1, -0.05) is 23.9 Å². The lowest BCUT2D eigenvalue weighted by Gasteiger charge is -2.11. The van der Waals surface area contributed by atoms with E-state index in [-0.39, 0.29) is 27.9 Å². The number of nitro benzene ring substituents is 1. The van der Waals surface area contributed by atoms with Crippen molar-refractivity contribution in [2.24, 2.45) is 10.1 Å². The van der Waals surface area contributed by atoms with Gasteiger partial charge in [0.25, 0.3) is 5.69 Å².